The van der Waals surface area contributed by atoms with E-state index in [2.05, 4.69) is 0 Å². The van der Waals surface area contributed by atoms with Gasteiger partial charge in [-0.25, -0.2) is 0 Å². The van der Waals surface area contributed by atoms with Gasteiger partial charge in [-0.1, -0.05) is 38.5 Å². The first-order valence-corrected chi connectivity index (χ1v) is 7.76. The minimum atomic E-state index is -3.78. The lowest BCUT2D eigenvalue weighted by molar-refractivity contribution is -0.118. The molecule has 0 saturated carbocycles. The summed E-state index contributed by atoms with van der Waals surface area (Å²) < 4.78 is 29.3. The fourth-order valence-electron chi connectivity index (χ4n) is 1.64. The molecule has 1 amide bonds. The maximum Gasteiger partial charge on any atom is 0.264 e. The van der Waals surface area contributed by atoms with Crippen molar-refractivity contribution in [2.75, 3.05) is 5.75 Å². The van der Waals surface area contributed by atoms with E-state index in [0.717, 1.165) is 44.9 Å². The Kier molecular flexibility index (Phi) is 9.07. The van der Waals surface area contributed by atoms with E-state index >= 15 is 0 Å². The van der Waals surface area contributed by atoms with Crippen LogP contribution in [0.1, 0.15) is 57.8 Å². The lowest BCUT2D eigenvalue weighted by atomic mass is 10.1. The number of primary amides is 1. The molecule has 0 aromatic heterocycles. The molecule has 0 unspecified atom stereocenters. The summed E-state index contributed by atoms with van der Waals surface area (Å²) in [7, 11) is -3.78. The van der Waals surface area contributed by atoms with Crippen molar-refractivity contribution in [2.45, 2.75) is 57.8 Å². The van der Waals surface area contributed by atoms with Crippen LogP contribution in [0.5, 0.6) is 0 Å². The molecular formula is C11H23NO4S. The second kappa shape index (κ2) is 9.41. The third-order valence-electron chi connectivity index (χ3n) is 2.58. The van der Waals surface area contributed by atoms with E-state index in [0.29, 0.717) is 12.8 Å². The molecule has 0 aromatic carbocycles. The van der Waals surface area contributed by atoms with Crippen LogP contribution in [0.25, 0.3) is 0 Å². The van der Waals surface area contributed by atoms with Gasteiger partial charge in [-0.3, -0.25) is 9.35 Å². The molecule has 0 spiro atoms. The molecule has 0 bridgehead atoms. The van der Waals surface area contributed by atoms with Crippen molar-refractivity contribution in [3.05, 3.63) is 0 Å². The number of hydrogen-bond donors (Lipinski definition) is 2. The molecule has 17 heavy (non-hydrogen) atoms. The number of amides is 1. The summed E-state index contributed by atoms with van der Waals surface area (Å²) in [5.74, 6) is -0.374. The first-order valence-electron chi connectivity index (χ1n) is 6.15. The Labute approximate surface area is 104 Å². The standard InChI is InChI=1S/C11H23NO4S/c12-11(13)9-7-5-3-1-2-4-6-8-10-17(14,15)16/h1-10H2,(H2,12,13)(H,14,15,16). The predicted molar refractivity (Wildman–Crippen MR) is 67.2 cm³/mol. The van der Waals surface area contributed by atoms with Gasteiger partial charge in [0.25, 0.3) is 10.1 Å². The largest absolute Gasteiger partial charge is 0.370 e. The Morgan fingerprint density at radius 1 is 0.882 bits per heavy atom. The highest BCUT2D eigenvalue weighted by atomic mass is 32.2. The summed E-state index contributed by atoms with van der Waals surface area (Å²) in [5, 5.41) is 0. The Balaban J connectivity index is 3.11. The zero-order valence-electron chi connectivity index (χ0n) is 10.2. The van der Waals surface area contributed by atoms with Gasteiger partial charge in [0, 0.05) is 6.42 Å². The highest BCUT2D eigenvalue weighted by Crippen LogP contribution is 2.09. The maximum atomic E-state index is 10.4. The average Bonchev–Trinajstić information content (AvgIpc) is 2.18. The number of unbranched alkanes of at least 4 members (excludes halogenated alkanes) is 7. The van der Waals surface area contributed by atoms with Crippen LogP contribution in [0.15, 0.2) is 0 Å². The van der Waals surface area contributed by atoms with Gasteiger partial charge in [0.1, 0.15) is 0 Å². The number of carbonyl (C=O) groups is 1. The number of nitrogens with two attached hydrogens (primary N) is 1. The highest BCUT2D eigenvalue weighted by molar-refractivity contribution is 7.85. The number of carbonyl (C=O) groups excluding carboxylic acids is 1. The summed E-state index contributed by atoms with van der Waals surface area (Å²) in [6.07, 6.45) is 7.96. The molecule has 0 fully saturated rings. The van der Waals surface area contributed by atoms with E-state index in [1.165, 1.54) is 0 Å². The quantitative estimate of drug-likeness (QED) is 0.440. The van der Waals surface area contributed by atoms with Crippen molar-refractivity contribution in [1.82, 2.24) is 0 Å². The average molecular weight is 265 g/mol. The lowest BCUT2D eigenvalue weighted by Crippen LogP contribution is -2.09. The monoisotopic (exact) mass is 265 g/mol. The Morgan fingerprint density at radius 2 is 1.29 bits per heavy atom. The number of hydrogen-bond acceptors (Lipinski definition) is 3. The van der Waals surface area contributed by atoms with Crippen LogP contribution >= 0.6 is 0 Å². The van der Waals surface area contributed by atoms with E-state index in [-0.39, 0.29) is 11.7 Å². The lowest BCUT2D eigenvalue weighted by Gasteiger charge is -2.01. The van der Waals surface area contributed by atoms with E-state index < -0.39 is 10.1 Å². The minimum Gasteiger partial charge on any atom is -0.370 e. The molecule has 6 heteroatoms. The third-order valence-corrected chi connectivity index (χ3v) is 3.38. The van der Waals surface area contributed by atoms with Gasteiger partial charge in [0.15, 0.2) is 0 Å². The van der Waals surface area contributed by atoms with Crippen molar-refractivity contribution in [2.24, 2.45) is 5.73 Å². The molecule has 0 aliphatic carbocycles. The summed E-state index contributed by atoms with van der Waals surface area (Å²) in [4.78, 5) is 10.4. The molecule has 0 rings (SSSR count). The summed E-state index contributed by atoms with van der Waals surface area (Å²) in [5.41, 5.74) is 5.01. The SMILES string of the molecule is NC(=O)CCCCCCCCCCS(=O)(=O)O. The van der Waals surface area contributed by atoms with Crippen LogP contribution in [0.4, 0.5) is 0 Å². The van der Waals surface area contributed by atoms with Gasteiger partial charge in [-0.15, -0.1) is 0 Å². The van der Waals surface area contributed by atoms with E-state index in [1.54, 1.807) is 0 Å². The van der Waals surface area contributed by atoms with Crippen LogP contribution in [0, 0.1) is 0 Å². The Hall–Kier alpha value is -0.620. The van der Waals surface area contributed by atoms with Gasteiger partial charge in [-0.2, -0.15) is 8.42 Å². The van der Waals surface area contributed by atoms with Crippen LogP contribution in [0.2, 0.25) is 0 Å². The molecule has 5 nitrogen and oxygen atoms in total. The molecule has 0 aliphatic heterocycles. The van der Waals surface area contributed by atoms with E-state index in [1.807, 2.05) is 0 Å². The van der Waals surface area contributed by atoms with Crippen LogP contribution in [0.3, 0.4) is 0 Å². The zero-order valence-corrected chi connectivity index (χ0v) is 11.0. The van der Waals surface area contributed by atoms with Gasteiger partial charge in [-0.05, 0) is 12.8 Å². The molecule has 0 atom stereocenters. The first kappa shape index (κ1) is 16.4. The molecule has 102 valence electrons. The molecule has 3 N–H and O–H groups in total. The fraction of sp³-hybridized carbons (Fsp3) is 0.909. The highest BCUT2D eigenvalue weighted by Gasteiger charge is 2.02. The topological polar surface area (TPSA) is 97.5 Å². The molecular weight excluding hydrogens is 242 g/mol. The van der Waals surface area contributed by atoms with Gasteiger partial charge in [0.05, 0.1) is 5.75 Å². The predicted octanol–water partition coefficient (Wildman–Crippen LogP) is 1.87. The van der Waals surface area contributed by atoms with Crippen LogP contribution in [-0.4, -0.2) is 24.6 Å². The van der Waals surface area contributed by atoms with Crippen molar-refractivity contribution in [3.63, 3.8) is 0 Å². The van der Waals surface area contributed by atoms with Crippen LogP contribution < -0.4 is 5.73 Å². The second-order valence-corrected chi connectivity index (χ2v) is 5.90. The van der Waals surface area contributed by atoms with Crippen molar-refractivity contribution < 1.29 is 17.8 Å². The van der Waals surface area contributed by atoms with E-state index in [9.17, 15) is 13.2 Å². The first-order chi connectivity index (χ1) is 7.92. The van der Waals surface area contributed by atoms with Crippen molar-refractivity contribution in [3.8, 4) is 0 Å². The van der Waals surface area contributed by atoms with Gasteiger partial charge in [0.2, 0.25) is 5.91 Å². The summed E-state index contributed by atoms with van der Waals surface area (Å²) >= 11 is 0. The van der Waals surface area contributed by atoms with Crippen molar-refractivity contribution >= 4 is 16.0 Å². The second-order valence-electron chi connectivity index (χ2n) is 4.33. The number of rotatable bonds is 11. The summed E-state index contributed by atoms with van der Waals surface area (Å²) in [6, 6.07) is 0. The maximum absolute atomic E-state index is 10.4. The normalized spacial score (nSPS) is 11.6. The van der Waals surface area contributed by atoms with Crippen molar-refractivity contribution in [1.29, 1.82) is 0 Å². The Bertz CT molecular complexity index is 301. The molecule has 0 aromatic rings. The third kappa shape index (κ3) is 15.4. The zero-order chi connectivity index (χ0) is 13.1. The Morgan fingerprint density at radius 3 is 1.71 bits per heavy atom. The smallest absolute Gasteiger partial charge is 0.264 e. The molecule has 0 saturated heterocycles. The van der Waals surface area contributed by atoms with E-state index in [4.69, 9.17) is 10.3 Å². The molecule has 0 radical (unpaired) electrons. The minimum absolute atomic E-state index is 0.133. The van der Waals surface area contributed by atoms with Crippen LogP contribution in [-0.2, 0) is 14.9 Å². The van der Waals surface area contributed by atoms with Gasteiger partial charge < -0.3 is 5.73 Å². The fourth-order valence-corrected chi connectivity index (χ4v) is 2.21. The molecule has 0 heterocycles. The summed E-state index contributed by atoms with van der Waals surface area (Å²) in [6.45, 7) is 0. The van der Waals surface area contributed by atoms with Gasteiger partial charge >= 0.3 is 0 Å². The molecule has 0 aliphatic rings.